The summed E-state index contributed by atoms with van der Waals surface area (Å²) in [5.74, 6) is -1.92. The average Bonchev–Trinajstić information content (AvgIpc) is 2.63. The van der Waals surface area contributed by atoms with E-state index in [2.05, 4.69) is 11.9 Å². The highest BCUT2D eigenvalue weighted by Crippen LogP contribution is 2.31. The van der Waals surface area contributed by atoms with Crippen molar-refractivity contribution in [2.24, 2.45) is 0 Å². The van der Waals surface area contributed by atoms with E-state index in [9.17, 15) is 14.0 Å². The third kappa shape index (κ3) is 2.63. The molecule has 0 unspecified atom stereocenters. The maximum atomic E-state index is 13.9. The zero-order chi connectivity index (χ0) is 14.9. The first-order valence-corrected chi connectivity index (χ1v) is 6.46. The summed E-state index contributed by atoms with van der Waals surface area (Å²) in [5, 5.41) is 3.17. The fraction of sp³-hybridized carbons (Fsp3) is 0.333. The molecule has 0 saturated heterocycles. The Kier molecular flexibility index (Phi) is 3.99. The smallest absolute Gasteiger partial charge is 0.299 e. The molecule has 0 bridgehead atoms. The second-order valence-corrected chi connectivity index (χ2v) is 5.14. The van der Waals surface area contributed by atoms with Gasteiger partial charge in [-0.05, 0) is 17.7 Å². The molecule has 1 aromatic rings. The number of amides is 1. The minimum atomic E-state index is -0.698. The van der Waals surface area contributed by atoms with Gasteiger partial charge in [0.1, 0.15) is 5.82 Å². The van der Waals surface area contributed by atoms with Crippen molar-refractivity contribution in [1.82, 2.24) is 5.32 Å². The van der Waals surface area contributed by atoms with Crippen LogP contribution in [0.5, 0.6) is 0 Å². The van der Waals surface area contributed by atoms with Crippen molar-refractivity contribution in [3.05, 3.63) is 41.7 Å². The normalized spacial score (nSPS) is 14.1. The van der Waals surface area contributed by atoms with Crippen molar-refractivity contribution in [3.63, 3.8) is 0 Å². The molecule has 106 valence electrons. The lowest BCUT2D eigenvalue weighted by atomic mass is 10.1. The number of halogens is 1. The molecule has 1 N–H and O–H groups in total. The number of hydrogen-bond donors (Lipinski definition) is 1. The van der Waals surface area contributed by atoms with Gasteiger partial charge in [-0.25, -0.2) is 4.39 Å². The van der Waals surface area contributed by atoms with E-state index in [0.717, 1.165) is 10.5 Å². The summed E-state index contributed by atoms with van der Waals surface area (Å²) >= 11 is 0. The molecule has 0 atom stereocenters. The number of fused-ring (bicyclic) bond motifs is 1. The van der Waals surface area contributed by atoms with Crippen molar-refractivity contribution < 1.29 is 14.0 Å². The third-order valence-corrected chi connectivity index (χ3v) is 3.08. The highest BCUT2D eigenvalue weighted by Gasteiger charge is 2.37. The molecule has 20 heavy (non-hydrogen) atoms. The van der Waals surface area contributed by atoms with E-state index in [1.165, 1.54) is 18.2 Å². The van der Waals surface area contributed by atoms with Crippen LogP contribution in [-0.2, 0) is 4.79 Å². The Bertz CT molecular complexity index is 581. The number of rotatable bonds is 5. The molecule has 1 aliphatic rings. The molecule has 1 amide bonds. The van der Waals surface area contributed by atoms with Crippen LogP contribution < -0.4 is 10.2 Å². The van der Waals surface area contributed by atoms with E-state index in [0.29, 0.717) is 6.54 Å². The van der Waals surface area contributed by atoms with E-state index < -0.39 is 17.5 Å². The van der Waals surface area contributed by atoms with Gasteiger partial charge in [0, 0.05) is 19.1 Å². The summed E-state index contributed by atoms with van der Waals surface area (Å²) in [6, 6.07) is 4.42. The van der Waals surface area contributed by atoms with Gasteiger partial charge in [-0.3, -0.25) is 14.5 Å². The molecule has 4 nitrogen and oxygen atoms in total. The second-order valence-electron chi connectivity index (χ2n) is 5.14. The lowest BCUT2D eigenvalue weighted by Gasteiger charge is -2.19. The van der Waals surface area contributed by atoms with Crippen molar-refractivity contribution in [2.75, 3.05) is 18.0 Å². The summed E-state index contributed by atoms with van der Waals surface area (Å²) in [6.45, 7) is 8.50. The second kappa shape index (κ2) is 5.54. The first-order chi connectivity index (χ1) is 9.41. The first kappa shape index (κ1) is 14.4. The number of ketones is 1. The average molecular weight is 276 g/mol. The minimum absolute atomic E-state index is 0.0631. The van der Waals surface area contributed by atoms with Gasteiger partial charge in [0.25, 0.3) is 11.7 Å². The summed E-state index contributed by atoms with van der Waals surface area (Å²) in [5.41, 5.74) is 0.906. The Labute approximate surface area is 117 Å². The van der Waals surface area contributed by atoms with Crippen molar-refractivity contribution in [2.45, 2.75) is 19.9 Å². The van der Waals surface area contributed by atoms with E-state index in [1.54, 1.807) is 0 Å². The number of nitrogens with one attached hydrogen (secondary N) is 1. The van der Waals surface area contributed by atoms with Crippen molar-refractivity contribution in [3.8, 4) is 0 Å². The number of para-hydroxylation sites is 1. The summed E-state index contributed by atoms with van der Waals surface area (Å²) < 4.78 is 13.9. The fourth-order valence-electron chi connectivity index (χ4n) is 2.09. The van der Waals surface area contributed by atoms with Crippen LogP contribution in [0.2, 0.25) is 0 Å². The molecule has 0 aromatic heterocycles. The zero-order valence-corrected chi connectivity index (χ0v) is 11.6. The highest BCUT2D eigenvalue weighted by atomic mass is 19.1. The maximum absolute atomic E-state index is 13.9. The maximum Gasteiger partial charge on any atom is 0.299 e. The predicted molar refractivity (Wildman–Crippen MR) is 75.4 cm³/mol. The minimum Gasteiger partial charge on any atom is -0.311 e. The summed E-state index contributed by atoms with van der Waals surface area (Å²) in [7, 11) is 0. The zero-order valence-electron chi connectivity index (χ0n) is 11.6. The van der Waals surface area contributed by atoms with E-state index in [4.69, 9.17) is 0 Å². The third-order valence-electron chi connectivity index (χ3n) is 3.08. The van der Waals surface area contributed by atoms with Crippen LogP contribution in [0.1, 0.15) is 24.2 Å². The van der Waals surface area contributed by atoms with E-state index in [1.807, 2.05) is 13.8 Å². The first-order valence-electron chi connectivity index (χ1n) is 6.46. The number of anilines is 1. The van der Waals surface area contributed by atoms with Gasteiger partial charge >= 0.3 is 0 Å². The monoisotopic (exact) mass is 276 g/mol. The molecule has 0 spiro atoms. The summed E-state index contributed by atoms with van der Waals surface area (Å²) in [6.07, 6.45) is 0. The number of carbonyl (C=O) groups excluding carboxylic acids is 2. The van der Waals surface area contributed by atoms with Gasteiger partial charge in [0.15, 0.2) is 0 Å². The van der Waals surface area contributed by atoms with E-state index in [-0.39, 0.29) is 23.8 Å². The molecule has 0 saturated carbocycles. The number of benzene rings is 1. The predicted octanol–water partition coefficient (Wildman–Crippen LogP) is 1.91. The largest absolute Gasteiger partial charge is 0.311 e. The van der Waals surface area contributed by atoms with E-state index >= 15 is 0 Å². The molecule has 1 heterocycles. The lowest BCUT2D eigenvalue weighted by molar-refractivity contribution is -0.114. The molecular weight excluding hydrogens is 259 g/mol. The number of Topliss-reactive ketones (excluding diaryl/α,β-unsaturated/α-hetero) is 1. The van der Waals surface area contributed by atoms with Crippen LogP contribution in [0.4, 0.5) is 10.1 Å². The molecule has 2 rings (SSSR count). The quantitative estimate of drug-likeness (QED) is 0.660. The van der Waals surface area contributed by atoms with Crippen LogP contribution in [0.15, 0.2) is 30.4 Å². The molecular formula is C15H17FN2O2. The fourth-order valence-corrected chi connectivity index (χ4v) is 2.09. The van der Waals surface area contributed by atoms with Crippen LogP contribution in [0.25, 0.3) is 0 Å². The highest BCUT2D eigenvalue weighted by molar-refractivity contribution is 6.52. The standard InChI is InChI=1S/C15H17FN2O2/c1-9(2)17-7-10(3)8-18-13-11(14(19)15(18)20)5-4-6-12(13)16/h4-6,9,17H,3,7-8H2,1-2H3. The molecule has 0 aliphatic carbocycles. The Morgan fingerprint density at radius 2 is 2.10 bits per heavy atom. The van der Waals surface area contributed by atoms with Crippen molar-refractivity contribution in [1.29, 1.82) is 0 Å². The van der Waals surface area contributed by atoms with Gasteiger partial charge in [0.05, 0.1) is 11.3 Å². The van der Waals surface area contributed by atoms with Gasteiger partial charge in [-0.15, -0.1) is 0 Å². The van der Waals surface area contributed by atoms with Gasteiger partial charge in [-0.2, -0.15) is 0 Å². The Hall–Kier alpha value is -2.01. The van der Waals surface area contributed by atoms with Crippen LogP contribution in [-0.4, -0.2) is 30.8 Å². The number of nitrogens with zero attached hydrogens (tertiary/aromatic N) is 1. The van der Waals surface area contributed by atoms with Crippen LogP contribution in [0.3, 0.4) is 0 Å². The SMILES string of the molecule is C=C(CNC(C)C)CN1C(=O)C(=O)c2cccc(F)c21. The molecule has 5 heteroatoms. The number of hydrogen-bond acceptors (Lipinski definition) is 3. The molecule has 0 radical (unpaired) electrons. The molecule has 1 aromatic carbocycles. The van der Waals surface area contributed by atoms with Crippen LogP contribution in [0, 0.1) is 5.82 Å². The molecule has 1 aliphatic heterocycles. The van der Waals surface area contributed by atoms with Crippen molar-refractivity contribution >= 4 is 17.4 Å². The topological polar surface area (TPSA) is 49.4 Å². The van der Waals surface area contributed by atoms with Gasteiger partial charge in [-0.1, -0.05) is 26.5 Å². The Morgan fingerprint density at radius 3 is 2.75 bits per heavy atom. The van der Waals surface area contributed by atoms with Gasteiger partial charge < -0.3 is 5.32 Å². The Morgan fingerprint density at radius 1 is 1.40 bits per heavy atom. The lowest BCUT2D eigenvalue weighted by Crippen LogP contribution is -2.35. The molecule has 0 fully saturated rings. The Balaban J connectivity index is 2.20. The summed E-state index contributed by atoms with van der Waals surface area (Å²) in [4.78, 5) is 24.9. The number of carbonyl (C=O) groups is 2. The van der Waals surface area contributed by atoms with Crippen LogP contribution >= 0.6 is 0 Å². The van der Waals surface area contributed by atoms with Gasteiger partial charge in [0.2, 0.25) is 0 Å².